The van der Waals surface area contributed by atoms with Crippen molar-refractivity contribution >= 4 is 33.4 Å². The first kappa shape index (κ1) is 18.7. The van der Waals surface area contributed by atoms with Crippen LogP contribution in [0.2, 0.25) is 0 Å². The molecule has 0 spiro atoms. The summed E-state index contributed by atoms with van der Waals surface area (Å²) in [6, 6.07) is 10.4. The summed E-state index contributed by atoms with van der Waals surface area (Å²) in [5, 5.41) is 16.1. The molecule has 0 bridgehead atoms. The Balaban J connectivity index is 1.46. The number of urea groups is 1. The first-order chi connectivity index (χ1) is 12.5. The lowest BCUT2D eigenvalue weighted by molar-refractivity contribution is -0.139. The Labute approximate surface area is 157 Å². The van der Waals surface area contributed by atoms with Gasteiger partial charge in [0.25, 0.3) is 0 Å². The van der Waals surface area contributed by atoms with Crippen LogP contribution in [0.3, 0.4) is 0 Å². The van der Waals surface area contributed by atoms with Crippen molar-refractivity contribution in [2.45, 2.75) is 44.8 Å². The third kappa shape index (κ3) is 4.34. The van der Waals surface area contributed by atoms with Crippen LogP contribution in [0.5, 0.6) is 0 Å². The molecule has 7 heteroatoms. The van der Waals surface area contributed by atoms with E-state index >= 15 is 0 Å². The Morgan fingerprint density at radius 3 is 2.73 bits per heavy atom. The largest absolute Gasteiger partial charge is 0.480 e. The van der Waals surface area contributed by atoms with E-state index in [-0.39, 0.29) is 30.7 Å². The lowest BCUT2D eigenvalue weighted by Gasteiger charge is -2.42. The number of carboxylic acids is 1. The molecular weight excluding hydrogens is 350 g/mol. The first-order valence-corrected chi connectivity index (χ1v) is 9.79. The lowest BCUT2D eigenvalue weighted by atomic mass is 9.85. The van der Waals surface area contributed by atoms with Crippen LogP contribution in [0.15, 0.2) is 30.3 Å². The van der Waals surface area contributed by atoms with Crippen molar-refractivity contribution < 1.29 is 14.7 Å². The van der Waals surface area contributed by atoms with Crippen LogP contribution in [0, 0.1) is 0 Å². The minimum atomic E-state index is -0.807. The topological polar surface area (TPSA) is 81.7 Å². The Hall–Kier alpha value is -2.12. The molecule has 1 aliphatic rings. The second kappa shape index (κ2) is 8.05. The highest BCUT2D eigenvalue weighted by atomic mass is 32.1. The first-order valence-electron chi connectivity index (χ1n) is 8.97. The van der Waals surface area contributed by atoms with Crippen LogP contribution in [0.25, 0.3) is 10.1 Å². The van der Waals surface area contributed by atoms with Crippen molar-refractivity contribution in [1.29, 1.82) is 0 Å². The molecule has 0 aliphatic heterocycles. The predicted molar refractivity (Wildman–Crippen MR) is 104 cm³/mol. The van der Waals surface area contributed by atoms with Crippen LogP contribution in [-0.2, 0) is 4.79 Å². The van der Waals surface area contributed by atoms with E-state index in [0.29, 0.717) is 6.54 Å². The molecule has 1 aromatic heterocycles. The number of aliphatic carboxylic acids is 1. The zero-order chi connectivity index (χ0) is 18.7. The van der Waals surface area contributed by atoms with Gasteiger partial charge < -0.3 is 15.7 Å². The van der Waals surface area contributed by atoms with Crippen LogP contribution >= 0.6 is 11.3 Å². The predicted octanol–water partition coefficient (Wildman–Crippen LogP) is 3.20. The fraction of sp³-hybridized carbons (Fsp3) is 0.474. The summed E-state index contributed by atoms with van der Waals surface area (Å²) < 4.78 is 1.22. The average molecular weight is 375 g/mol. The fourth-order valence-electron chi connectivity index (χ4n) is 3.39. The van der Waals surface area contributed by atoms with Crippen molar-refractivity contribution in [3.63, 3.8) is 0 Å². The molecule has 1 saturated carbocycles. The Morgan fingerprint density at radius 1 is 1.35 bits per heavy atom. The van der Waals surface area contributed by atoms with Gasteiger partial charge in [0.15, 0.2) is 0 Å². The molecule has 2 amide bonds. The van der Waals surface area contributed by atoms with Crippen LogP contribution in [-0.4, -0.2) is 47.2 Å². The van der Waals surface area contributed by atoms with Crippen molar-refractivity contribution in [3.8, 4) is 0 Å². The summed E-state index contributed by atoms with van der Waals surface area (Å²) in [4.78, 5) is 26.2. The van der Waals surface area contributed by atoms with Crippen molar-refractivity contribution in [2.24, 2.45) is 0 Å². The normalized spacial score (nSPS) is 20.6. The Morgan fingerprint density at radius 2 is 2.08 bits per heavy atom. The molecule has 1 aliphatic carbocycles. The molecule has 1 aromatic carbocycles. The number of rotatable bonds is 7. The Bertz CT molecular complexity index is 752. The molecule has 1 heterocycles. The summed E-state index contributed by atoms with van der Waals surface area (Å²) in [5.41, 5.74) is 0. The molecule has 140 valence electrons. The number of thiophene rings is 1. The van der Waals surface area contributed by atoms with Crippen molar-refractivity contribution in [3.05, 3.63) is 35.2 Å². The number of likely N-dealkylation sites (N-methyl/N-ethyl adjacent to an activating group) is 1. The van der Waals surface area contributed by atoms with Gasteiger partial charge in [0.2, 0.25) is 0 Å². The number of hydrogen-bond donors (Lipinski definition) is 3. The van der Waals surface area contributed by atoms with Crippen molar-refractivity contribution in [2.75, 3.05) is 13.1 Å². The number of fused-ring (bicyclic) bond motifs is 1. The van der Waals surface area contributed by atoms with E-state index in [1.165, 1.54) is 10.1 Å². The maximum atomic E-state index is 12.2. The second-order valence-corrected chi connectivity index (χ2v) is 7.92. The fourth-order valence-corrected chi connectivity index (χ4v) is 4.45. The van der Waals surface area contributed by atoms with E-state index in [0.717, 1.165) is 17.7 Å². The number of nitrogens with zero attached hydrogens (tertiary/aromatic N) is 1. The second-order valence-electron chi connectivity index (χ2n) is 6.81. The Kier molecular flexibility index (Phi) is 5.78. The van der Waals surface area contributed by atoms with E-state index < -0.39 is 5.97 Å². The average Bonchev–Trinajstić information content (AvgIpc) is 3.00. The maximum Gasteiger partial charge on any atom is 0.317 e. The lowest BCUT2D eigenvalue weighted by Crippen LogP contribution is -2.56. The van der Waals surface area contributed by atoms with Gasteiger partial charge >= 0.3 is 12.0 Å². The highest BCUT2D eigenvalue weighted by molar-refractivity contribution is 7.19. The third-order valence-electron chi connectivity index (χ3n) is 4.93. The molecule has 6 nitrogen and oxygen atoms in total. The number of carbonyl (C=O) groups is 2. The van der Waals surface area contributed by atoms with Crippen LogP contribution in [0.4, 0.5) is 4.79 Å². The monoisotopic (exact) mass is 375 g/mol. The highest BCUT2D eigenvalue weighted by Gasteiger charge is 2.34. The number of carboxylic acid groups (broad SMARTS) is 1. The molecule has 1 unspecified atom stereocenters. The molecule has 1 atom stereocenters. The van der Waals surface area contributed by atoms with Gasteiger partial charge in [-0.25, -0.2) is 4.79 Å². The molecule has 0 saturated heterocycles. The quantitative estimate of drug-likeness (QED) is 0.694. The molecular formula is C19H25N3O3S. The van der Waals surface area contributed by atoms with Gasteiger partial charge in [-0.05, 0) is 43.8 Å². The molecule has 0 radical (unpaired) electrons. The van der Waals surface area contributed by atoms with Crippen molar-refractivity contribution in [1.82, 2.24) is 15.5 Å². The van der Waals surface area contributed by atoms with Gasteiger partial charge in [-0.15, -0.1) is 11.3 Å². The molecule has 1 fully saturated rings. The summed E-state index contributed by atoms with van der Waals surface area (Å²) in [5.74, 6) is -0.807. The minimum absolute atomic E-state index is 0.0533. The highest BCUT2D eigenvalue weighted by Crippen LogP contribution is 2.30. The third-order valence-corrected chi connectivity index (χ3v) is 6.23. The van der Waals surface area contributed by atoms with E-state index in [4.69, 9.17) is 5.11 Å². The molecule has 3 N–H and O–H groups in total. The van der Waals surface area contributed by atoms with E-state index in [1.807, 2.05) is 30.9 Å². The summed E-state index contributed by atoms with van der Waals surface area (Å²) in [6.45, 7) is 4.71. The van der Waals surface area contributed by atoms with Crippen LogP contribution < -0.4 is 10.6 Å². The van der Waals surface area contributed by atoms with Gasteiger partial charge in [0.1, 0.15) is 0 Å². The molecule has 3 rings (SSSR count). The molecule has 2 aromatic rings. The SMILES string of the molecule is CCN(CC(=O)O)C1CC(NC(=O)NC(C)c2cc3ccccc3s2)C1. The summed E-state index contributed by atoms with van der Waals surface area (Å²) in [6.07, 6.45) is 1.59. The van der Waals surface area contributed by atoms with Gasteiger partial charge in [-0.3, -0.25) is 9.69 Å². The van der Waals surface area contributed by atoms with E-state index in [2.05, 4.69) is 28.8 Å². The van der Waals surface area contributed by atoms with E-state index in [9.17, 15) is 9.59 Å². The number of hydrogen-bond acceptors (Lipinski definition) is 4. The number of benzene rings is 1. The maximum absolute atomic E-state index is 12.2. The van der Waals surface area contributed by atoms with Gasteiger partial charge in [0.05, 0.1) is 12.6 Å². The zero-order valence-corrected chi connectivity index (χ0v) is 15.9. The number of amides is 2. The minimum Gasteiger partial charge on any atom is -0.480 e. The van der Waals surface area contributed by atoms with Crippen LogP contribution in [0.1, 0.15) is 37.6 Å². The smallest absolute Gasteiger partial charge is 0.317 e. The molecule has 26 heavy (non-hydrogen) atoms. The summed E-state index contributed by atoms with van der Waals surface area (Å²) >= 11 is 1.69. The number of carbonyl (C=O) groups excluding carboxylic acids is 1. The van der Waals surface area contributed by atoms with Gasteiger partial charge in [-0.1, -0.05) is 25.1 Å². The van der Waals surface area contributed by atoms with Gasteiger partial charge in [0, 0.05) is 21.7 Å². The van der Waals surface area contributed by atoms with Gasteiger partial charge in [-0.2, -0.15) is 0 Å². The number of nitrogens with one attached hydrogen (secondary N) is 2. The standard InChI is InChI=1S/C19H25N3O3S/c1-3-22(11-18(23)24)15-9-14(10-15)21-19(25)20-12(2)17-8-13-6-4-5-7-16(13)26-17/h4-8,12,14-15H,3,9-11H2,1-2H3,(H,23,24)(H2,20,21,25). The zero-order valence-electron chi connectivity index (χ0n) is 15.1. The van der Waals surface area contributed by atoms with E-state index in [1.54, 1.807) is 11.3 Å². The summed E-state index contributed by atoms with van der Waals surface area (Å²) in [7, 11) is 0.